The molecular formula is C30H36FNO2. The van der Waals surface area contributed by atoms with Gasteiger partial charge in [-0.15, -0.1) is 0 Å². The Morgan fingerprint density at radius 2 is 1.65 bits per heavy atom. The van der Waals surface area contributed by atoms with Gasteiger partial charge in [0.05, 0.1) is 11.8 Å². The molecule has 4 heteroatoms. The van der Waals surface area contributed by atoms with Crippen molar-refractivity contribution in [3.8, 4) is 16.9 Å². The van der Waals surface area contributed by atoms with Crippen LogP contribution in [0.25, 0.3) is 17.2 Å². The maximum absolute atomic E-state index is 14.4. The number of pyridine rings is 1. The summed E-state index contributed by atoms with van der Waals surface area (Å²) < 4.78 is 20.6. The average Bonchev–Trinajstić information content (AvgIpc) is 2.81. The van der Waals surface area contributed by atoms with Gasteiger partial charge in [-0.25, -0.2) is 4.39 Å². The van der Waals surface area contributed by atoms with Gasteiger partial charge in [-0.3, -0.25) is 4.98 Å². The van der Waals surface area contributed by atoms with Crippen LogP contribution in [0.4, 0.5) is 4.39 Å². The molecule has 0 spiro atoms. The zero-order chi connectivity index (χ0) is 24.8. The first-order valence-electron chi connectivity index (χ1n) is 12.1. The van der Waals surface area contributed by atoms with Crippen molar-refractivity contribution in [1.29, 1.82) is 0 Å². The number of aliphatic hydroxyl groups is 1. The predicted octanol–water partition coefficient (Wildman–Crippen LogP) is 8.19. The molecule has 0 aliphatic carbocycles. The standard InChI is InChI=1S/C30H36FNO2/c1-7-8-14-25-28(27(21(6)33)30(20(4)5)32-29(25)19(2)3)24-16-15-23(31)17-26(24)34-18-22-12-10-9-11-13-22/h8-17,19-21,33H,7,18H2,1-6H3/b14-8+. The number of allylic oxidation sites excluding steroid dienone is 1. The fourth-order valence-corrected chi connectivity index (χ4v) is 4.21. The van der Waals surface area contributed by atoms with Crippen molar-refractivity contribution >= 4 is 6.08 Å². The summed E-state index contributed by atoms with van der Waals surface area (Å²) in [5, 5.41) is 10.9. The van der Waals surface area contributed by atoms with Crippen molar-refractivity contribution in [2.24, 2.45) is 0 Å². The van der Waals surface area contributed by atoms with Gasteiger partial charge in [0.25, 0.3) is 0 Å². The highest BCUT2D eigenvalue weighted by Gasteiger charge is 2.27. The largest absolute Gasteiger partial charge is 0.488 e. The van der Waals surface area contributed by atoms with Crippen LogP contribution in [0.15, 0.2) is 54.6 Å². The Bertz CT molecular complexity index is 1130. The van der Waals surface area contributed by atoms with Crippen molar-refractivity contribution in [2.75, 3.05) is 0 Å². The monoisotopic (exact) mass is 461 g/mol. The SMILES string of the molecule is CC/C=C/c1c(C(C)C)nc(C(C)C)c(C(C)O)c1-c1ccc(F)cc1OCc1ccccc1. The fraction of sp³-hybridized carbons (Fsp3) is 0.367. The molecule has 0 bridgehead atoms. The number of nitrogens with zero attached hydrogens (tertiary/aromatic N) is 1. The van der Waals surface area contributed by atoms with Gasteiger partial charge < -0.3 is 9.84 Å². The van der Waals surface area contributed by atoms with E-state index >= 15 is 0 Å². The summed E-state index contributed by atoms with van der Waals surface area (Å²) in [5.74, 6) is 0.370. The molecule has 3 aromatic rings. The lowest BCUT2D eigenvalue weighted by molar-refractivity contribution is 0.197. The quantitative estimate of drug-likeness (QED) is 0.349. The van der Waals surface area contributed by atoms with Crippen LogP contribution in [0, 0.1) is 5.82 Å². The van der Waals surface area contributed by atoms with E-state index < -0.39 is 6.10 Å². The van der Waals surface area contributed by atoms with Crippen LogP contribution in [-0.4, -0.2) is 10.1 Å². The Hall–Kier alpha value is -2.98. The second-order valence-corrected chi connectivity index (χ2v) is 9.30. The fourth-order valence-electron chi connectivity index (χ4n) is 4.21. The summed E-state index contributed by atoms with van der Waals surface area (Å²) in [4.78, 5) is 5.05. The van der Waals surface area contributed by atoms with Gasteiger partial charge >= 0.3 is 0 Å². The minimum atomic E-state index is -0.748. The lowest BCUT2D eigenvalue weighted by Crippen LogP contribution is -2.13. The van der Waals surface area contributed by atoms with Gasteiger partial charge in [0.1, 0.15) is 18.2 Å². The van der Waals surface area contributed by atoms with E-state index in [1.807, 2.05) is 30.3 Å². The van der Waals surface area contributed by atoms with E-state index in [1.54, 1.807) is 13.0 Å². The zero-order valence-corrected chi connectivity index (χ0v) is 21.1. The molecule has 1 N–H and O–H groups in total. The number of rotatable bonds is 9. The highest BCUT2D eigenvalue weighted by molar-refractivity contribution is 5.84. The Kier molecular flexibility index (Phi) is 8.62. The number of ether oxygens (including phenoxy) is 1. The summed E-state index contributed by atoms with van der Waals surface area (Å²) >= 11 is 0. The average molecular weight is 462 g/mol. The van der Waals surface area contributed by atoms with Gasteiger partial charge in [-0.2, -0.15) is 0 Å². The van der Waals surface area contributed by atoms with E-state index in [0.29, 0.717) is 12.4 Å². The van der Waals surface area contributed by atoms with Crippen LogP contribution in [0.2, 0.25) is 0 Å². The van der Waals surface area contributed by atoms with Crippen LogP contribution in [-0.2, 0) is 6.61 Å². The van der Waals surface area contributed by atoms with E-state index in [2.05, 4.69) is 46.8 Å². The number of halogens is 1. The lowest BCUT2D eigenvalue weighted by atomic mass is 9.84. The van der Waals surface area contributed by atoms with Gasteiger partial charge in [0.2, 0.25) is 0 Å². The molecule has 1 unspecified atom stereocenters. The first-order valence-corrected chi connectivity index (χ1v) is 12.1. The van der Waals surface area contributed by atoms with Crippen molar-refractivity contribution < 1.29 is 14.2 Å². The number of aliphatic hydroxyl groups excluding tert-OH is 1. The first kappa shape index (κ1) is 25.6. The Labute approximate surface area is 203 Å². The van der Waals surface area contributed by atoms with Gasteiger partial charge in [-0.1, -0.05) is 77.1 Å². The minimum absolute atomic E-state index is 0.110. The maximum atomic E-state index is 14.4. The summed E-state index contributed by atoms with van der Waals surface area (Å²) in [7, 11) is 0. The lowest BCUT2D eigenvalue weighted by Gasteiger charge is -2.26. The molecule has 0 fully saturated rings. The van der Waals surface area contributed by atoms with E-state index in [0.717, 1.165) is 45.6 Å². The van der Waals surface area contributed by atoms with Crippen LogP contribution < -0.4 is 4.74 Å². The maximum Gasteiger partial charge on any atom is 0.130 e. The van der Waals surface area contributed by atoms with Crippen LogP contribution in [0.1, 0.15) is 94.0 Å². The van der Waals surface area contributed by atoms with Crippen LogP contribution in [0.5, 0.6) is 5.75 Å². The number of hydrogen-bond donors (Lipinski definition) is 1. The molecule has 1 atom stereocenters. The van der Waals surface area contributed by atoms with Crippen molar-refractivity contribution in [1.82, 2.24) is 4.98 Å². The van der Waals surface area contributed by atoms with Gasteiger partial charge in [0, 0.05) is 34.0 Å². The molecule has 180 valence electrons. The highest BCUT2D eigenvalue weighted by atomic mass is 19.1. The van der Waals surface area contributed by atoms with Crippen molar-refractivity contribution in [3.63, 3.8) is 0 Å². The number of hydrogen-bond acceptors (Lipinski definition) is 3. The molecule has 2 aromatic carbocycles. The first-order chi connectivity index (χ1) is 16.2. The molecule has 0 saturated heterocycles. The molecule has 3 nitrogen and oxygen atoms in total. The molecule has 3 rings (SSSR count). The van der Waals surface area contributed by atoms with E-state index in [4.69, 9.17) is 9.72 Å². The molecule has 34 heavy (non-hydrogen) atoms. The second kappa shape index (κ2) is 11.4. The topological polar surface area (TPSA) is 42.4 Å². The number of benzene rings is 2. The Morgan fingerprint density at radius 1 is 0.971 bits per heavy atom. The highest BCUT2D eigenvalue weighted by Crippen LogP contribution is 2.43. The summed E-state index contributed by atoms with van der Waals surface area (Å²) in [6.45, 7) is 12.6. The normalized spacial score (nSPS) is 12.6. The molecular weight excluding hydrogens is 425 g/mol. The Morgan fingerprint density at radius 3 is 2.24 bits per heavy atom. The second-order valence-electron chi connectivity index (χ2n) is 9.30. The van der Waals surface area contributed by atoms with Gasteiger partial charge in [0.15, 0.2) is 0 Å². The molecule has 1 aromatic heterocycles. The zero-order valence-electron chi connectivity index (χ0n) is 21.1. The molecule has 0 saturated carbocycles. The summed E-state index contributed by atoms with van der Waals surface area (Å²) in [6, 6.07) is 14.5. The van der Waals surface area contributed by atoms with E-state index in [1.165, 1.54) is 12.1 Å². The number of aromatic nitrogens is 1. The smallest absolute Gasteiger partial charge is 0.130 e. The summed E-state index contributed by atoms with van der Waals surface area (Å²) in [6.07, 6.45) is 4.30. The molecule has 0 amide bonds. The third-order valence-electron chi connectivity index (χ3n) is 5.81. The third-order valence-corrected chi connectivity index (χ3v) is 5.81. The molecule has 0 aliphatic heterocycles. The Balaban J connectivity index is 2.33. The van der Waals surface area contributed by atoms with Gasteiger partial charge in [-0.05, 0) is 42.9 Å². The third kappa shape index (κ3) is 5.74. The minimum Gasteiger partial charge on any atom is -0.488 e. The van der Waals surface area contributed by atoms with Crippen LogP contribution in [0.3, 0.4) is 0 Å². The molecule has 0 radical (unpaired) electrons. The van der Waals surface area contributed by atoms with Crippen molar-refractivity contribution in [2.45, 2.75) is 72.5 Å². The van der Waals surface area contributed by atoms with Crippen molar-refractivity contribution in [3.05, 3.63) is 88.5 Å². The van der Waals surface area contributed by atoms with Crippen LogP contribution >= 0.6 is 0 Å². The molecule has 1 heterocycles. The van der Waals surface area contributed by atoms with E-state index in [9.17, 15) is 9.50 Å². The predicted molar refractivity (Wildman–Crippen MR) is 139 cm³/mol. The van der Waals surface area contributed by atoms with E-state index in [-0.39, 0.29) is 17.7 Å². The summed E-state index contributed by atoms with van der Waals surface area (Å²) in [5.41, 5.74) is 6.17. The molecule has 0 aliphatic rings.